The molecule has 0 spiro atoms. The second-order valence-electron chi connectivity index (χ2n) is 2.79. The van der Waals surface area contributed by atoms with Crippen molar-refractivity contribution >= 4 is 22.8 Å². The average molecular weight is 244 g/mol. The standard InChI is InChI=1S/C9H10N4O4/c1-6(2)10-11-8-4-3-7(12(14)15)5-9(8)13(16)17/h3-5,11H,1-2H3/i1D3,2D3. The molecule has 1 rings (SSSR count). The Labute approximate surface area is 105 Å². The van der Waals surface area contributed by atoms with Crippen molar-refractivity contribution in [2.45, 2.75) is 13.7 Å². The topological polar surface area (TPSA) is 111 Å². The van der Waals surface area contributed by atoms with Crippen LogP contribution < -0.4 is 5.43 Å². The van der Waals surface area contributed by atoms with E-state index in [2.05, 4.69) is 5.10 Å². The molecule has 1 aromatic rings. The maximum atomic E-state index is 10.9. The van der Waals surface area contributed by atoms with Crippen LogP contribution in [0.1, 0.15) is 21.9 Å². The first kappa shape index (κ1) is 6.28. The van der Waals surface area contributed by atoms with E-state index in [4.69, 9.17) is 8.22 Å². The number of nitrogens with one attached hydrogen (secondary N) is 1. The summed E-state index contributed by atoms with van der Waals surface area (Å²) in [5, 5.41) is 24.7. The summed E-state index contributed by atoms with van der Waals surface area (Å²) in [6, 6.07) is 2.49. The molecule has 0 bridgehead atoms. The Morgan fingerprint density at radius 1 is 1.35 bits per heavy atom. The van der Waals surface area contributed by atoms with Crippen molar-refractivity contribution in [1.29, 1.82) is 0 Å². The summed E-state index contributed by atoms with van der Waals surface area (Å²) < 4.78 is 42.7. The van der Waals surface area contributed by atoms with Crippen LogP contribution in [0.2, 0.25) is 0 Å². The summed E-state index contributed by atoms with van der Waals surface area (Å²) in [6.45, 7) is -6.10. The van der Waals surface area contributed by atoms with Crippen molar-refractivity contribution in [3.8, 4) is 0 Å². The summed E-state index contributed by atoms with van der Waals surface area (Å²) in [6.07, 6.45) is 0. The van der Waals surface area contributed by atoms with Crippen LogP contribution in [0.3, 0.4) is 0 Å². The van der Waals surface area contributed by atoms with Crippen molar-refractivity contribution in [2.75, 3.05) is 5.43 Å². The molecule has 0 fully saturated rings. The first-order valence-electron chi connectivity index (χ1n) is 7.11. The lowest BCUT2D eigenvalue weighted by molar-refractivity contribution is -0.393. The molecule has 0 saturated heterocycles. The Morgan fingerprint density at radius 2 is 2.06 bits per heavy atom. The predicted octanol–water partition coefficient (Wildman–Crippen LogP) is 2.31. The number of nitro groups is 2. The zero-order chi connectivity index (χ0) is 18.0. The van der Waals surface area contributed by atoms with E-state index in [1.807, 2.05) is 5.43 Å². The molecular formula is C9H10N4O4. The predicted molar refractivity (Wildman–Crippen MR) is 62.2 cm³/mol. The van der Waals surface area contributed by atoms with Crippen molar-refractivity contribution in [1.82, 2.24) is 0 Å². The van der Waals surface area contributed by atoms with Crippen LogP contribution in [0.4, 0.5) is 17.1 Å². The van der Waals surface area contributed by atoms with E-state index >= 15 is 0 Å². The van der Waals surface area contributed by atoms with Crippen molar-refractivity contribution < 1.29 is 18.1 Å². The lowest BCUT2D eigenvalue weighted by Gasteiger charge is -2.02. The number of hydrogen-bond acceptors (Lipinski definition) is 6. The van der Waals surface area contributed by atoms with Crippen LogP contribution in [0.5, 0.6) is 0 Å². The van der Waals surface area contributed by atoms with E-state index in [9.17, 15) is 20.2 Å². The van der Waals surface area contributed by atoms with E-state index in [1.54, 1.807) is 0 Å². The fourth-order valence-corrected chi connectivity index (χ4v) is 0.995. The highest BCUT2D eigenvalue weighted by atomic mass is 16.6. The lowest BCUT2D eigenvalue weighted by atomic mass is 10.2. The van der Waals surface area contributed by atoms with Crippen LogP contribution in [0.15, 0.2) is 23.3 Å². The SMILES string of the molecule is [2H]C([2H])([2H])C(=NNc1ccc([N+](=O)[O-])cc1[N+](=O)[O-])C([2H])([2H])[2H]. The van der Waals surface area contributed by atoms with Crippen LogP contribution in [-0.2, 0) is 0 Å². The molecule has 0 aromatic heterocycles. The van der Waals surface area contributed by atoms with Gasteiger partial charge >= 0.3 is 5.69 Å². The molecular weight excluding hydrogens is 228 g/mol. The zero-order valence-electron chi connectivity index (χ0n) is 14.2. The quantitative estimate of drug-likeness (QED) is 0.496. The fourth-order valence-electron chi connectivity index (χ4n) is 0.995. The number of anilines is 1. The molecule has 0 atom stereocenters. The van der Waals surface area contributed by atoms with Gasteiger partial charge in [0, 0.05) is 20.0 Å². The molecule has 0 aliphatic heterocycles. The summed E-state index contributed by atoms with van der Waals surface area (Å²) in [5.41, 5.74) is -0.883. The molecule has 0 saturated carbocycles. The summed E-state index contributed by atoms with van der Waals surface area (Å²) in [7, 11) is 0. The summed E-state index contributed by atoms with van der Waals surface area (Å²) in [4.78, 5) is 19.7. The van der Waals surface area contributed by atoms with Crippen LogP contribution >= 0.6 is 0 Å². The minimum Gasteiger partial charge on any atom is -0.272 e. The molecule has 0 heterocycles. The Kier molecular flexibility index (Phi) is 1.85. The van der Waals surface area contributed by atoms with Crippen LogP contribution in [-0.4, -0.2) is 15.6 Å². The Hall–Kier alpha value is -2.51. The highest BCUT2D eigenvalue weighted by Gasteiger charge is 2.18. The molecule has 1 aromatic carbocycles. The molecule has 1 N–H and O–H groups in total. The normalized spacial score (nSPS) is 16.2. The van der Waals surface area contributed by atoms with E-state index in [1.165, 1.54) is 0 Å². The number of nitro benzene ring substituents is 2. The molecule has 8 nitrogen and oxygen atoms in total. The van der Waals surface area contributed by atoms with E-state index < -0.39 is 40.6 Å². The Morgan fingerprint density at radius 3 is 2.59 bits per heavy atom. The van der Waals surface area contributed by atoms with Crippen molar-refractivity contribution in [2.24, 2.45) is 5.10 Å². The summed E-state index contributed by atoms with van der Waals surface area (Å²) >= 11 is 0. The molecule has 0 amide bonds. The maximum Gasteiger partial charge on any atom is 0.301 e. The second-order valence-corrected chi connectivity index (χ2v) is 2.79. The monoisotopic (exact) mass is 244 g/mol. The molecule has 0 aliphatic rings. The van der Waals surface area contributed by atoms with E-state index in [-0.39, 0.29) is 5.69 Å². The van der Waals surface area contributed by atoms with Gasteiger partial charge in [0.05, 0.1) is 15.9 Å². The highest BCUT2D eigenvalue weighted by Crippen LogP contribution is 2.28. The molecule has 0 radical (unpaired) electrons. The second kappa shape index (κ2) is 5.01. The smallest absolute Gasteiger partial charge is 0.272 e. The van der Waals surface area contributed by atoms with Crippen molar-refractivity contribution in [3.63, 3.8) is 0 Å². The van der Waals surface area contributed by atoms with Gasteiger partial charge in [0.1, 0.15) is 5.69 Å². The van der Waals surface area contributed by atoms with Gasteiger partial charge in [-0.05, 0) is 19.8 Å². The zero-order valence-corrected chi connectivity index (χ0v) is 8.21. The van der Waals surface area contributed by atoms with Gasteiger partial charge in [0.25, 0.3) is 5.69 Å². The molecule has 17 heavy (non-hydrogen) atoms. The largest absolute Gasteiger partial charge is 0.301 e. The van der Waals surface area contributed by atoms with E-state index in [0.29, 0.717) is 6.07 Å². The first-order valence-corrected chi connectivity index (χ1v) is 4.11. The van der Waals surface area contributed by atoms with Gasteiger partial charge in [-0.3, -0.25) is 25.7 Å². The summed E-state index contributed by atoms with van der Waals surface area (Å²) in [5.74, 6) is 0. The van der Waals surface area contributed by atoms with Crippen LogP contribution in [0, 0.1) is 20.2 Å². The maximum absolute atomic E-state index is 10.9. The Balaban J connectivity index is 3.30. The van der Waals surface area contributed by atoms with Gasteiger partial charge in [0.15, 0.2) is 0 Å². The van der Waals surface area contributed by atoms with Gasteiger partial charge in [0.2, 0.25) is 0 Å². The van der Waals surface area contributed by atoms with Crippen molar-refractivity contribution in [3.05, 3.63) is 38.4 Å². The van der Waals surface area contributed by atoms with Gasteiger partial charge < -0.3 is 0 Å². The molecule has 90 valence electrons. The number of non-ortho nitro benzene ring substituents is 1. The number of hydrazone groups is 1. The third kappa shape index (κ3) is 3.23. The van der Waals surface area contributed by atoms with E-state index in [0.717, 1.165) is 12.1 Å². The number of hydrogen-bond donors (Lipinski definition) is 1. The van der Waals surface area contributed by atoms with Gasteiger partial charge in [-0.25, -0.2) is 0 Å². The lowest BCUT2D eigenvalue weighted by Crippen LogP contribution is -1.99. The highest BCUT2D eigenvalue weighted by molar-refractivity contribution is 5.80. The Bertz CT molecular complexity index is 653. The molecule has 0 aliphatic carbocycles. The number of rotatable bonds is 4. The number of nitrogens with zero attached hydrogens (tertiary/aromatic N) is 3. The third-order valence-electron chi connectivity index (χ3n) is 1.68. The van der Waals surface area contributed by atoms with Gasteiger partial charge in [-0.15, -0.1) is 0 Å². The third-order valence-corrected chi connectivity index (χ3v) is 1.68. The number of benzene rings is 1. The van der Waals surface area contributed by atoms with Crippen LogP contribution in [0.25, 0.3) is 0 Å². The fraction of sp³-hybridized carbons (Fsp3) is 0.222. The van der Waals surface area contributed by atoms with Gasteiger partial charge in [-0.1, -0.05) is 0 Å². The minimum absolute atomic E-state index is 0.383. The first-order chi connectivity index (χ1) is 10.3. The van der Waals surface area contributed by atoms with Gasteiger partial charge in [-0.2, -0.15) is 5.10 Å². The minimum atomic E-state index is -3.05. The molecule has 0 unspecified atom stereocenters. The molecule has 8 heteroatoms. The average Bonchev–Trinajstić information content (AvgIpc) is 2.35.